The van der Waals surface area contributed by atoms with Gasteiger partial charge < -0.3 is 35.8 Å². The van der Waals surface area contributed by atoms with Crippen molar-refractivity contribution in [2.75, 3.05) is 30.2 Å². The third-order valence-electron chi connectivity index (χ3n) is 7.75. The molecule has 0 heterocycles. The average Bonchev–Trinajstić information content (AvgIpc) is 3.01. The molecular formula is C36H46N4O7. The smallest absolute Gasteiger partial charge is 0.323 e. The molecule has 2 atom stereocenters. The predicted molar refractivity (Wildman–Crippen MR) is 183 cm³/mol. The Morgan fingerprint density at radius 1 is 0.830 bits per heavy atom. The number of urea groups is 1. The highest BCUT2D eigenvalue weighted by Gasteiger charge is 2.33. The highest BCUT2D eigenvalue weighted by molar-refractivity contribution is 6.00. The molecular weight excluding hydrogens is 600 g/mol. The lowest BCUT2D eigenvalue weighted by Crippen LogP contribution is -2.44. The van der Waals surface area contributed by atoms with Crippen molar-refractivity contribution in [3.05, 3.63) is 77.9 Å². The number of carbonyl (C=O) groups excluding carboxylic acids is 3. The third kappa shape index (κ3) is 10.8. The third-order valence-corrected chi connectivity index (χ3v) is 7.75. The first-order valence-corrected chi connectivity index (χ1v) is 15.5. The van der Waals surface area contributed by atoms with Crippen molar-refractivity contribution >= 4 is 40.8 Å². The molecule has 11 nitrogen and oxygen atoms in total. The number of para-hydroxylation sites is 1. The van der Waals surface area contributed by atoms with Gasteiger partial charge in [-0.1, -0.05) is 38.1 Å². The Bertz CT molecular complexity index is 1550. The summed E-state index contributed by atoms with van der Waals surface area (Å²) in [6.45, 7) is 9.34. The number of aryl methyl sites for hydroxylation is 1. The number of amides is 3. The molecule has 3 aromatic rings. The zero-order valence-electron chi connectivity index (χ0n) is 28.1. The zero-order valence-corrected chi connectivity index (χ0v) is 28.1. The summed E-state index contributed by atoms with van der Waals surface area (Å²) in [6, 6.07) is 18.2. The second kappa shape index (κ2) is 16.5. The molecule has 252 valence electrons. The number of carboxylic acids is 1. The van der Waals surface area contributed by atoms with Gasteiger partial charge in [0.25, 0.3) is 0 Å². The minimum Gasteiger partial charge on any atom is -0.493 e. The van der Waals surface area contributed by atoms with Gasteiger partial charge in [-0.25, -0.2) is 4.79 Å². The van der Waals surface area contributed by atoms with Crippen molar-refractivity contribution in [3.63, 3.8) is 0 Å². The molecule has 0 saturated heterocycles. The lowest BCUT2D eigenvalue weighted by Gasteiger charge is -2.29. The van der Waals surface area contributed by atoms with Gasteiger partial charge in [0.15, 0.2) is 17.3 Å². The largest absolute Gasteiger partial charge is 0.493 e. The SMILES string of the molecule is COc1ccc([C@H](CC(=O)O)NC(=O)C(CC(=O)C(C)(C)Nc2ccc(NC(=O)Nc3ccccc3C)cc2)CC(C)C)cc1OC. The van der Waals surface area contributed by atoms with Gasteiger partial charge in [-0.2, -0.15) is 0 Å². The minimum atomic E-state index is -1.08. The molecule has 5 N–H and O–H groups in total. The minimum absolute atomic E-state index is 0.0472. The summed E-state index contributed by atoms with van der Waals surface area (Å²) < 4.78 is 10.7. The zero-order chi connectivity index (χ0) is 34.7. The fraction of sp³-hybridized carbons (Fsp3) is 0.389. The highest BCUT2D eigenvalue weighted by atomic mass is 16.5. The molecule has 3 rings (SSSR count). The second-order valence-electron chi connectivity index (χ2n) is 12.4. The van der Waals surface area contributed by atoms with Crippen LogP contribution in [-0.2, 0) is 14.4 Å². The fourth-order valence-corrected chi connectivity index (χ4v) is 5.18. The van der Waals surface area contributed by atoms with Crippen LogP contribution in [0, 0.1) is 18.8 Å². The van der Waals surface area contributed by atoms with E-state index in [4.69, 9.17) is 9.47 Å². The van der Waals surface area contributed by atoms with Crippen molar-refractivity contribution in [1.29, 1.82) is 0 Å². The van der Waals surface area contributed by atoms with Gasteiger partial charge in [0.2, 0.25) is 5.91 Å². The van der Waals surface area contributed by atoms with E-state index in [1.807, 2.05) is 45.0 Å². The van der Waals surface area contributed by atoms with Crippen LogP contribution in [0.2, 0.25) is 0 Å². The molecule has 3 aromatic carbocycles. The van der Waals surface area contributed by atoms with Crippen LogP contribution in [0.1, 0.15) is 64.1 Å². The van der Waals surface area contributed by atoms with Gasteiger partial charge in [-0.3, -0.25) is 14.4 Å². The van der Waals surface area contributed by atoms with Crippen molar-refractivity contribution in [2.24, 2.45) is 11.8 Å². The Balaban J connectivity index is 1.68. The van der Waals surface area contributed by atoms with Crippen LogP contribution in [0.5, 0.6) is 11.5 Å². The molecule has 0 bridgehead atoms. The summed E-state index contributed by atoms with van der Waals surface area (Å²) in [6.07, 6.45) is 0.0355. The van der Waals surface area contributed by atoms with E-state index in [1.165, 1.54) is 14.2 Å². The number of benzene rings is 3. The monoisotopic (exact) mass is 646 g/mol. The molecule has 0 fully saturated rings. The lowest BCUT2D eigenvalue weighted by atomic mass is 9.85. The maximum Gasteiger partial charge on any atom is 0.323 e. The topological polar surface area (TPSA) is 155 Å². The molecule has 0 saturated carbocycles. The van der Waals surface area contributed by atoms with Crippen molar-refractivity contribution in [2.45, 2.75) is 65.5 Å². The normalized spacial score (nSPS) is 12.4. The first kappa shape index (κ1) is 36.4. The van der Waals surface area contributed by atoms with Gasteiger partial charge in [-0.15, -0.1) is 0 Å². The predicted octanol–water partition coefficient (Wildman–Crippen LogP) is 6.80. The first-order valence-electron chi connectivity index (χ1n) is 15.5. The van der Waals surface area contributed by atoms with Crippen LogP contribution in [0.4, 0.5) is 21.9 Å². The maximum absolute atomic E-state index is 13.6. The number of aliphatic carboxylic acids is 1. The van der Waals surface area contributed by atoms with Crippen LogP contribution in [-0.4, -0.2) is 48.6 Å². The van der Waals surface area contributed by atoms with Crippen LogP contribution in [0.25, 0.3) is 0 Å². The number of methoxy groups -OCH3 is 2. The summed E-state index contributed by atoms with van der Waals surface area (Å²) in [5, 5.41) is 21.3. The van der Waals surface area contributed by atoms with Gasteiger partial charge in [-0.05, 0) is 86.7 Å². The molecule has 47 heavy (non-hydrogen) atoms. The van der Waals surface area contributed by atoms with Crippen molar-refractivity contribution in [1.82, 2.24) is 5.32 Å². The fourth-order valence-electron chi connectivity index (χ4n) is 5.18. The standard InChI is InChI=1S/C36H46N4O7/c1-22(2)18-25(34(44)38-29(21-33(42)43)24-12-17-30(46-6)31(19-24)47-7)20-32(41)36(4,5)40-27-15-13-26(14-16-27)37-35(45)39-28-11-9-8-10-23(28)3/h8-17,19,22,25,29,40H,18,20-21H2,1-7H3,(H,38,44)(H,42,43)(H2,37,39,45)/t25?,29-/m0/s1. The molecule has 0 spiro atoms. The highest BCUT2D eigenvalue weighted by Crippen LogP contribution is 2.32. The number of hydrogen-bond acceptors (Lipinski definition) is 7. The van der Waals surface area contributed by atoms with E-state index in [0.717, 1.165) is 5.56 Å². The van der Waals surface area contributed by atoms with E-state index in [1.54, 1.807) is 56.3 Å². The number of anilines is 3. The number of carboxylic acid groups (broad SMARTS) is 1. The molecule has 0 aliphatic carbocycles. The number of rotatable bonds is 16. The van der Waals surface area contributed by atoms with E-state index in [-0.39, 0.29) is 30.6 Å². The molecule has 0 aliphatic rings. The van der Waals surface area contributed by atoms with Crippen LogP contribution in [0.3, 0.4) is 0 Å². The first-order chi connectivity index (χ1) is 22.2. The summed E-state index contributed by atoms with van der Waals surface area (Å²) in [5.41, 5.74) is 2.40. The number of ether oxygens (including phenoxy) is 2. The number of nitrogens with one attached hydrogen (secondary N) is 4. The summed E-state index contributed by atoms with van der Waals surface area (Å²) in [5.74, 6) is -1.35. The molecule has 3 amide bonds. The quantitative estimate of drug-likeness (QED) is 0.114. The molecule has 11 heteroatoms. The second-order valence-corrected chi connectivity index (χ2v) is 12.4. The molecule has 0 aromatic heterocycles. The van der Waals surface area contributed by atoms with Gasteiger partial charge in [0.05, 0.1) is 32.2 Å². The Kier molecular flexibility index (Phi) is 12.8. The van der Waals surface area contributed by atoms with Crippen LogP contribution >= 0.6 is 0 Å². The van der Waals surface area contributed by atoms with Crippen molar-refractivity contribution in [3.8, 4) is 11.5 Å². The molecule has 0 radical (unpaired) electrons. The van der Waals surface area contributed by atoms with E-state index < -0.39 is 29.4 Å². The van der Waals surface area contributed by atoms with Crippen LogP contribution in [0.15, 0.2) is 66.7 Å². The van der Waals surface area contributed by atoms with E-state index in [0.29, 0.717) is 40.5 Å². The lowest BCUT2D eigenvalue weighted by molar-refractivity contribution is -0.138. The number of hydrogen-bond donors (Lipinski definition) is 5. The van der Waals surface area contributed by atoms with E-state index in [9.17, 15) is 24.3 Å². The van der Waals surface area contributed by atoms with Gasteiger partial charge in [0.1, 0.15) is 0 Å². The summed E-state index contributed by atoms with van der Waals surface area (Å²) >= 11 is 0. The average molecular weight is 647 g/mol. The Morgan fingerprint density at radius 2 is 1.47 bits per heavy atom. The molecule has 0 aliphatic heterocycles. The Morgan fingerprint density at radius 3 is 2.06 bits per heavy atom. The van der Waals surface area contributed by atoms with Gasteiger partial charge in [0, 0.05) is 29.4 Å². The Hall–Kier alpha value is -5.06. The van der Waals surface area contributed by atoms with Crippen molar-refractivity contribution < 1.29 is 33.8 Å². The van der Waals surface area contributed by atoms with Crippen LogP contribution < -0.4 is 30.7 Å². The Labute approximate surface area is 276 Å². The number of Topliss-reactive ketones (excluding diaryl/α,β-unsaturated/α-hetero) is 1. The van der Waals surface area contributed by atoms with E-state index >= 15 is 0 Å². The van der Waals surface area contributed by atoms with Gasteiger partial charge >= 0.3 is 12.0 Å². The summed E-state index contributed by atoms with van der Waals surface area (Å²) in [7, 11) is 2.98. The van der Waals surface area contributed by atoms with E-state index in [2.05, 4.69) is 21.3 Å². The number of ketones is 1. The molecule has 1 unspecified atom stereocenters. The maximum atomic E-state index is 13.6. The summed E-state index contributed by atoms with van der Waals surface area (Å²) in [4.78, 5) is 51.5. The number of carbonyl (C=O) groups is 4.